The maximum absolute atomic E-state index is 14.1. The Morgan fingerprint density at radius 2 is 1.87 bits per heavy atom. The van der Waals surface area contributed by atoms with Crippen LogP contribution >= 0.6 is 11.3 Å². The van der Waals surface area contributed by atoms with E-state index in [-0.39, 0.29) is 32.4 Å². The standard InChI is InChI=1S/C20H21F2N3O3S2/c1-24(2)8-5-9-25(19(26)13-6-4-7-15(10-13)30(3,27)28)20-23-18-16(22)11-14(21)12-17(18)29-20/h4,6-7,10-12H,5,8-9H2,1-3H3. The Balaban J connectivity index is 2.02. The van der Waals surface area contributed by atoms with Crippen molar-refractivity contribution in [2.24, 2.45) is 0 Å². The van der Waals surface area contributed by atoms with E-state index < -0.39 is 27.4 Å². The number of thiazole rings is 1. The Morgan fingerprint density at radius 3 is 2.53 bits per heavy atom. The summed E-state index contributed by atoms with van der Waals surface area (Å²) >= 11 is 1.01. The lowest BCUT2D eigenvalue weighted by atomic mass is 10.2. The van der Waals surface area contributed by atoms with Gasteiger partial charge in [-0.3, -0.25) is 9.69 Å². The van der Waals surface area contributed by atoms with Crippen LogP contribution < -0.4 is 4.90 Å². The van der Waals surface area contributed by atoms with Gasteiger partial charge in [0.05, 0.1) is 9.60 Å². The molecular formula is C20H21F2N3O3S2. The third-order valence-corrected chi connectivity index (χ3v) is 6.51. The van der Waals surface area contributed by atoms with Crippen molar-refractivity contribution < 1.29 is 22.0 Å². The number of aromatic nitrogens is 1. The van der Waals surface area contributed by atoms with Crippen LogP contribution in [0.15, 0.2) is 41.3 Å². The fraction of sp³-hybridized carbons (Fsp3) is 0.300. The quantitative estimate of drug-likeness (QED) is 0.547. The minimum Gasteiger partial charge on any atom is -0.309 e. The summed E-state index contributed by atoms with van der Waals surface area (Å²) in [5.41, 5.74) is 0.167. The molecule has 1 heterocycles. The Morgan fingerprint density at radius 1 is 1.13 bits per heavy atom. The fourth-order valence-corrected chi connectivity index (χ4v) is 4.60. The molecule has 0 bridgehead atoms. The largest absolute Gasteiger partial charge is 0.309 e. The highest BCUT2D eigenvalue weighted by molar-refractivity contribution is 7.90. The van der Waals surface area contributed by atoms with Crippen LogP contribution in [0.2, 0.25) is 0 Å². The molecule has 0 fully saturated rings. The summed E-state index contributed by atoms with van der Waals surface area (Å²) in [6, 6.07) is 7.66. The molecule has 2 aromatic carbocycles. The van der Waals surface area contributed by atoms with Crippen LogP contribution in [0, 0.1) is 11.6 Å². The number of amides is 1. The summed E-state index contributed by atoms with van der Waals surface area (Å²) in [4.78, 5) is 20.8. The second-order valence-electron chi connectivity index (χ2n) is 7.14. The van der Waals surface area contributed by atoms with Crippen LogP contribution in [0.4, 0.5) is 13.9 Å². The van der Waals surface area contributed by atoms with E-state index in [0.717, 1.165) is 23.7 Å². The number of fused-ring (bicyclic) bond motifs is 1. The number of carbonyl (C=O) groups is 1. The third-order valence-electron chi connectivity index (χ3n) is 4.37. The number of hydrogen-bond acceptors (Lipinski definition) is 6. The van der Waals surface area contributed by atoms with E-state index in [1.54, 1.807) is 0 Å². The highest BCUT2D eigenvalue weighted by Gasteiger charge is 2.23. The molecule has 10 heteroatoms. The van der Waals surface area contributed by atoms with Crippen molar-refractivity contribution in [3.63, 3.8) is 0 Å². The number of anilines is 1. The molecule has 0 saturated carbocycles. The van der Waals surface area contributed by atoms with Crippen molar-refractivity contribution >= 4 is 42.4 Å². The molecule has 30 heavy (non-hydrogen) atoms. The molecule has 0 unspecified atom stereocenters. The second-order valence-corrected chi connectivity index (χ2v) is 10.2. The lowest BCUT2D eigenvalue weighted by Gasteiger charge is -2.21. The van der Waals surface area contributed by atoms with Gasteiger partial charge in [-0.25, -0.2) is 22.2 Å². The van der Waals surface area contributed by atoms with Crippen molar-refractivity contribution in [1.82, 2.24) is 9.88 Å². The minimum absolute atomic E-state index is 0.00769. The molecule has 0 radical (unpaired) electrons. The normalized spacial score (nSPS) is 11.9. The van der Waals surface area contributed by atoms with Gasteiger partial charge in [0, 0.05) is 24.4 Å². The molecule has 0 aliphatic heterocycles. The lowest BCUT2D eigenvalue weighted by Crippen LogP contribution is -2.33. The van der Waals surface area contributed by atoms with E-state index in [1.165, 1.54) is 35.2 Å². The van der Waals surface area contributed by atoms with Gasteiger partial charge in [-0.1, -0.05) is 17.4 Å². The number of hydrogen-bond donors (Lipinski definition) is 0. The van der Waals surface area contributed by atoms with E-state index in [9.17, 15) is 22.0 Å². The number of rotatable bonds is 7. The number of benzene rings is 2. The Hall–Kier alpha value is -2.43. The van der Waals surface area contributed by atoms with Crippen molar-refractivity contribution in [3.05, 3.63) is 53.6 Å². The predicted molar refractivity (Wildman–Crippen MR) is 114 cm³/mol. The van der Waals surface area contributed by atoms with Crippen molar-refractivity contribution in [2.45, 2.75) is 11.3 Å². The van der Waals surface area contributed by atoms with Crippen molar-refractivity contribution in [1.29, 1.82) is 0 Å². The molecule has 1 aromatic heterocycles. The number of carbonyl (C=O) groups excluding carboxylic acids is 1. The molecule has 1 amide bonds. The Bertz CT molecular complexity index is 1190. The summed E-state index contributed by atoms with van der Waals surface area (Å²) < 4.78 is 51.7. The highest BCUT2D eigenvalue weighted by Crippen LogP contribution is 2.32. The average molecular weight is 454 g/mol. The van der Waals surface area contributed by atoms with E-state index in [0.29, 0.717) is 13.0 Å². The van der Waals surface area contributed by atoms with Gasteiger partial charge in [0.15, 0.2) is 20.8 Å². The maximum Gasteiger partial charge on any atom is 0.260 e. The van der Waals surface area contributed by atoms with Gasteiger partial charge in [-0.15, -0.1) is 0 Å². The van der Waals surface area contributed by atoms with Crippen LogP contribution in [0.3, 0.4) is 0 Å². The predicted octanol–water partition coefficient (Wildman–Crippen LogP) is 3.58. The summed E-state index contributed by atoms with van der Waals surface area (Å²) in [5, 5.41) is 0.225. The van der Waals surface area contributed by atoms with Crippen molar-refractivity contribution in [2.75, 3.05) is 38.3 Å². The molecule has 3 rings (SSSR count). The van der Waals surface area contributed by atoms with E-state index in [1.807, 2.05) is 19.0 Å². The second kappa shape index (κ2) is 8.75. The summed E-state index contributed by atoms with van der Waals surface area (Å²) in [7, 11) is 0.311. The van der Waals surface area contributed by atoms with Gasteiger partial charge >= 0.3 is 0 Å². The lowest BCUT2D eigenvalue weighted by molar-refractivity contribution is 0.0986. The summed E-state index contributed by atoms with van der Waals surface area (Å²) in [6.07, 6.45) is 1.67. The molecule has 160 valence electrons. The van der Waals surface area contributed by atoms with Gasteiger partial charge in [-0.05, 0) is 51.3 Å². The first-order chi connectivity index (χ1) is 14.1. The van der Waals surface area contributed by atoms with Gasteiger partial charge in [0.2, 0.25) is 0 Å². The Kier molecular flexibility index (Phi) is 6.49. The first kappa shape index (κ1) is 22.3. The first-order valence-electron chi connectivity index (χ1n) is 9.08. The van der Waals surface area contributed by atoms with Gasteiger partial charge in [0.1, 0.15) is 11.3 Å². The van der Waals surface area contributed by atoms with Crippen LogP contribution in [-0.4, -0.2) is 57.6 Å². The average Bonchev–Trinajstić information content (AvgIpc) is 3.08. The molecule has 0 spiro atoms. The maximum atomic E-state index is 14.1. The molecular weight excluding hydrogens is 432 g/mol. The molecule has 0 atom stereocenters. The van der Waals surface area contributed by atoms with Crippen molar-refractivity contribution in [3.8, 4) is 0 Å². The molecule has 3 aromatic rings. The highest BCUT2D eigenvalue weighted by atomic mass is 32.2. The van der Waals surface area contributed by atoms with Crippen LogP contribution in [-0.2, 0) is 9.84 Å². The number of sulfone groups is 1. The monoisotopic (exact) mass is 453 g/mol. The van der Waals surface area contributed by atoms with Gasteiger partial charge in [-0.2, -0.15) is 0 Å². The van der Waals surface area contributed by atoms with E-state index in [2.05, 4.69) is 4.98 Å². The van der Waals surface area contributed by atoms with Gasteiger partial charge < -0.3 is 4.90 Å². The number of halogens is 2. The zero-order valence-electron chi connectivity index (χ0n) is 16.7. The first-order valence-corrected chi connectivity index (χ1v) is 11.8. The van der Waals surface area contributed by atoms with E-state index >= 15 is 0 Å². The number of nitrogens with zero attached hydrogens (tertiary/aromatic N) is 3. The SMILES string of the molecule is CN(C)CCCN(C(=O)c1cccc(S(C)(=O)=O)c1)c1nc2c(F)cc(F)cc2s1. The molecule has 0 N–H and O–H groups in total. The van der Waals surface area contributed by atoms with Gasteiger partial charge in [0.25, 0.3) is 5.91 Å². The zero-order chi connectivity index (χ0) is 22.1. The smallest absolute Gasteiger partial charge is 0.260 e. The summed E-state index contributed by atoms with van der Waals surface area (Å²) in [6.45, 7) is 0.977. The zero-order valence-corrected chi connectivity index (χ0v) is 18.4. The van der Waals surface area contributed by atoms with E-state index in [4.69, 9.17) is 0 Å². The minimum atomic E-state index is -3.49. The topological polar surface area (TPSA) is 70.6 Å². The van der Waals surface area contributed by atoms with Crippen LogP contribution in [0.1, 0.15) is 16.8 Å². The summed E-state index contributed by atoms with van der Waals surface area (Å²) in [5.74, 6) is -1.98. The van der Waals surface area contributed by atoms with Crippen LogP contribution in [0.5, 0.6) is 0 Å². The van der Waals surface area contributed by atoms with Crippen LogP contribution in [0.25, 0.3) is 10.2 Å². The molecule has 0 aliphatic carbocycles. The molecule has 0 saturated heterocycles. The fourth-order valence-electron chi connectivity index (χ4n) is 2.91. The molecule has 0 aliphatic rings. The third kappa shape index (κ3) is 5.00. The Labute approximate surface area is 177 Å². The molecule has 6 nitrogen and oxygen atoms in total.